The van der Waals surface area contributed by atoms with Crippen molar-refractivity contribution in [2.24, 2.45) is 0 Å². The molecule has 0 aromatic heterocycles. The number of carbonyl (C=O) groups is 2. The Morgan fingerprint density at radius 3 is 2.61 bits per heavy atom. The Balaban J connectivity index is 2.02. The van der Waals surface area contributed by atoms with Gasteiger partial charge in [-0.3, -0.25) is 14.5 Å². The number of hydrogen-bond donors (Lipinski definition) is 1. The Kier molecular flexibility index (Phi) is 6.08. The van der Waals surface area contributed by atoms with E-state index in [1.807, 2.05) is 49.4 Å². The van der Waals surface area contributed by atoms with Gasteiger partial charge in [0.25, 0.3) is 5.91 Å². The molecule has 142 valence electrons. The predicted molar refractivity (Wildman–Crippen MR) is 112 cm³/mol. The number of aryl methyl sites for hydroxylation is 1. The Morgan fingerprint density at radius 2 is 2.00 bits per heavy atom. The van der Waals surface area contributed by atoms with Crippen LogP contribution in [0.4, 0.5) is 5.69 Å². The van der Waals surface area contributed by atoms with E-state index in [4.69, 9.17) is 11.6 Å². The number of rotatable bonds is 4. The average Bonchev–Trinajstić information content (AvgIpc) is 3.01. The zero-order chi connectivity index (χ0) is 20.3. The van der Waals surface area contributed by atoms with E-state index >= 15 is 0 Å². The molecular formula is C21H18ClN3O2S. The molecule has 1 atom stereocenters. The first kappa shape index (κ1) is 20.0. The normalized spacial score (nSPS) is 18.0. The highest BCUT2D eigenvalue weighted by atomic mass is 35.5. The number of amides is 2. The van der Waals surface area contributed by atoms with Gasteiger partial charge >= 0.3 is 0 Å². The van der Waals surface area contributed by atoms with E-state index in [0.29, 0.717) is 22.2 Å². The van der Waals surface area contributed by atoms with Gasteiger partial charge in [-0.25, -0.2) is 0 Å². The quantitative estimate of drug-likeness (QED) is 0.613. The summed E-state index contributed by atoms with van der Waals surface area (Å²) >= 11 is 7.45. The van der Waals surface area contributed by atoms with Crippen molar-refractivity contribution >= 4 is 40.9 Å². The van der Waals surface area contributed by atoms with Crippen LogP contribution in [-0.2, 0) is 16.0 Å². The van der Waals surface area contributed by atoms with Crippen LogP contribution in [-0.4, -0.2) is 24.1 Å². The van der Waals surface area contributed by atoms with E-state index < -0.39 is 11.2 Å². The monoisotopic (exact) mass is 411 g/mol. The van der Waals surface area contributed by atoms with Crippen molar-refractivity contribution in [3.63, 3.8) is 0 Å². The number of hydrogen-bond acceptors (Lipinski definition) is 4. The number of halogens is 1. The number of nitrogens with one attached hydrogen (secondary N) is 1. The van der Waals surface area contributed by atoms with Crippen molar-refractivity contribution in [1.29, 1.82) is 5.26 Å². The molecule has 2 amide bonds. The molecule has 0 unspecified atom stereocenters. The second-order valence-corrected chi connectivity index (χ2v) is 7.87. The maximum atomic E-state index is 13.2. The molecule has 1 aliphatic heterocycles. The van der Waals surface area contributed by atoms with Crippen molar-refractivity contribution in [2.75, 3.05) is 11.9 Å². The summed E-state index contributed by atoms with van der Waals surface area (Å²) in [6.07, 6.45) is 0.447. The van der Waals surface area contributed by atoms with Crippen LogP contribution in [0.25, 0.3) is 0 Å². The van der Waals surface area contributed by atoms with Gasteiger partial charge < -0.3 is 5.32 Å². The smallest absolute Gasteiger partial charge is 0.264 e. The standard InChI is InChI=1S/C21H18ClN3O2S/c1-13-8-9-14(10-17(13)22)11-18-20(27)25(15-6-4-3-5-7-15)21(28-18)16(12-23)19(26)24-2/h3-10,18H,11H2,1-2H3,(H,24,26)/b21-16-/t18-/m1/s1. The van der Waals surface area contributed by atoms with Gasteiger partial charge in [0.05, 0.1) is 5.25 Å². The van der Waals surface area contributed by atoms with Gasteiger partial charge in [-0.1, -0.05) is 53.7 Å². The van der Waals surface area contributed by atoms with Crippen LogP contribution >= 0.6 is 23.4 Å². The minimum absolute atomic E-state index is 0.0749. The van der Waals surface area contributed by atoms with Gasteiger partial charge in [-0.05, 0) is 42.7 Å². The average molecular weight is 412 g/mol. The molecule has 1 N–H and O–H groups in total. The van der Waals surface area contributed by atoms with Crippen LogP contribution in [0.15, 0.2) is 59.1 Å². The van der Waals surface area contributed by atoms with Crippen molar-refractivity contribution in [3.8, 4) is 6.07 Å². The largest absolute Gasteiger partial charge is 0.354 e. The lowest BCUT2D eigenvalue weighted by molar-refractivity contribution is -0.117. The molecule has 0 saturated carbocycles. The summed E-state index contributed by atoms with van der Waals surface area (Å²) in [6.45, 7) is 1.92. The molecule has 2 aromatic carbocycles. The van der Waals surface area contributed by atoms with Crippen molar-refractivity contribution < 1.29 is 9.59 Å². The molecule has 28 heavy (non-hydrogen) atoms. The highest BCUT2D eigenvalue weighted by Gasteiger charge is 2.40. The fourth-order valence-electron chi connectivity index (χ4n) is 2.90. The highest BCUT2D eigenvalue weighted by Crippen LogP contribution is 2.42. The van der Waals surface area contributed by atoms with Gasteiger partial charge in [0, 0.05) is 17.8 Å². The lowest BCUT2D eigenvalue weighted by Crippen LogP contribution is -2.31. The summed E-state index contributed by atoms with van der Waals surface area (Å²) in [6, 6.07) is 16.7. The van der Waals surface area contributed by atoms with E-state index in [1.54, 1.807) is 12.1 Å². The third-order valence-corrected chi connectivity index (χ3v) is 6.07. The Bertz CT molecular complexity index is 998. The Labute approximate surface area is 173 Å². The first-order valence-electron chi connectivity index (χ1n) is 8.63. The second-order valence-electron chi connectivity index (χ2n) is 6.27. The highest BCUT2D eigenvalue weighted by molar-refractivity contribution is 8.05. The van der Waals surface area contributed by atoms with Crippen molar-refractivity contribution in [1.82, 2.24) is 5.32 Å². The van der Waals surface area contributed by atoms with Gasteiger partial charge in [0.1, 0.15) is 16.7 Å². The maximum absolute atomic E-state index is 13.2. The molecule has 0 bridgehead atoms. The first-order valence-corrected chi connectivity index (χ1v) is 9.89. The van der Waals surface area contributed by atoms with E-state index in [9.17, 15) is 14.9 Å². The molecule has 1 aliphatic rings. The number of benzene rings is 2. The third kappa shape index (κ3) is 3.91. The van der Waals surface area contributed by atoms with Gasteiger partial charge in [0.15, 0.2) is 0 Å². The lowest BCUT2D eigenvalue weighted by atomic mass is 10.1. The van der Waals surface area contributed by atoms with E-state index in [1.165, 1.54) is 23.7 Å². The molecule has 1 heterocycles. The number of carbonyl (C=O) groups excluding carboxylic acids is 2. The minimum atomic E-state index is -0.516. The predicted octanol–water partition coefficient (Wildman–Crippen LogP) is 3.82. The third-order valence-electron chi connectivity index (χ3n) is 4.40. The number of nitriles is 1. The van der Waals surface area contributed by atoms with E-state index in [0.717, 1.165) is 11.1 Å². The second kappa shape index (κ2) is 8.51. The van der Waals surface area contributed by atoms with Crippen LogP contribution in [0.3, 0.4) is 0 Å². The number of likely N-dealkylation sites (N-methyl/N-ethyl adjacent to an activating group) is 1. The summed E-state index contributed by atoms with van der Waals surface area (Å²) in [7, 11) is 1.46. The molecule has 0 aliphatic carbocycles. The van der Waals surface area contributed by atoms with E-state index in [-0.39, 0.29) is 11.5 Å². The number of nitrogens with zero attached hydrogens (tertiary/aromatic N) is 2. The van der Waals surface area contributed by atoms with Gasteiger partial charge in [0.2, 0.25) is 5.91 Å². The van der Waals surface area contributed by atoms with Crippen LogP contribution < -0.4 is 10.2 Å². The lowest BCUT2D eigenvalue weighted by Gasteiger charge is -2.18. The Morgan fingerprint density at radius 1 is 1.29 bits per heavy atom. The summed E-state index contributed by atoms with van der Waals surface area (Å²) < 4.78 is 0. The molecule has 2 aromatic rings. The fourth-order valence-corrected chi connectivity index (χ4v) is 4.41. The zero-order valence-electron chi connectivity index (χ0n) is 15.4. The van der Waals surface area contributed by atoms with Crippen molar-refractivity contribution in [3.05, 3.63) is 75.3 Å². The summed E-state index contributed by atoms with van der Waals surface area (Å²) in [5, 5.41) is 12.6. The molecular weight excluding hydrogens is 394 g/mol. The Hall–Kier alpha value is -2.75. The summed E-state index contributed by atoms with van der Waals surface area (Å²) in [5.41, 5.74) is 2.44. The van der Waals surface area contributed by atoms with E-state index in [2.05, 4.69) is 5.32 Å². The molecule has 7 heteroatoms. The molecule has 5 nitrogen and oxygen atoms in total. The molecule has 1 fully saturated rings. The van der Waals surface area contributed by atoms with Gasteiger partial charge in [-0.2, -0.15) is 5.26 Å². The van der Waals surface area contributed by atoms with Crippen molar-refractivity contribution in [2.45, 2.75) is 18.6 Å². The maximum Gasteiger partial charge on any atom is 0.264 e. The molecule has 1 saturated heterocycles. The number of anilines is 1. The van der Waals surface area contributed by atoms with Crippen LogP contribution in [0.1, 0.15) is 11.1 Å². The van der Waals surface area contributed by atoms with Crippen LogP contribution in [0.5, 0.6) is 0 Å². The SMILES string of the molecule is CNC(=O)/C(C#N)=C1\S[C@H](Cc2ccc(C)c(Cl)c2)C(=O)N1c1ccccc1. The first-order chi connectivity index (χ1) is 13.5. The minimum Gasteiger partial charge on any atom is -0.354 e. The van der Waals surface area contributed by atoms with Gasteiger partial charge in [-0.15, -0.1) is 0 Å². The topological polar surface area (TPSA) is 73.2 Å². The zero-order valence-corrected chi connectivity index (χ0v) is 17.0. The fraction of sp³-hybridized carbons (Fsp3) is 0.190. The van der Waals surface area contributed by atoms with Crippen LogP contribution in [0.2, 0.25) is 5.02 Å². The van der Waals surface area contributed by atoms with Crippen LogP contribution in [0, 0.1) is 18.3 Å². The number of thioether (sulfide) groups is 1. The summed E-state index contributed by atoms with van der Waals surface area (Å²) in [4.78, 5) is 26.9. The number of para-hydroxylation sites is 1. The summed E-state index contributed by atoms with van der Waals surface area (Å²) in [5.74, 6) is -0.683. The molecule has 3 rings (SSSR count). The molecule has 0 spiro atoms. The molecule has 0 radical (unpaired) electrons.